The van der Waals surface area contributed by atoms with Crippen LogP contribution < -0.4 is 10.1 Å². The summed E-state index contributed by atoms with van der Waals surface area (Å²) >= 11 is 0. The van der Waals surface area contributed by atoms with Crippen LogP contribution in [0.5, 0.6) is 5.75 Å². The highest BCUT2D eigenvalue weighted by atomic mass is 32.2. The highest BCUT2D eigenvalue weighted by Crippen LogP contribution is 2.30. The lowest BCUT2D eigenvalue weighted by Crippen LogP contribution is -2.43. The van der Waals surface area contributed by atoms with Gasteiger partial charge in [0.1, 0.15) is 5.75 Å². The van der Waals surface area contributed by atoms with Crippen molar-refractivity contribution in [1.82, 2.24) is 10.2 Å². The maximum absolute atomic E-state index is 12.3. The Kier molecular flexibility index (Phi) is 5.10. The summed E-state index contributed by atoms with van der Waals surface area (Å²) in [5, 5.41) is 2.87. The standard InChI is InChI=1S/C17H24N2O4S/c1-23-16-5-3-2-4-13(16)10-19(15-6-7-15)11-17(20)18-14-8-9-24(21,22)12-14/h2-5,14-15H,6-12H2,1H3,(H,18,20)/t14-/m0/s1. The molecule has 1 atom stereocenters. The zero-order valence-electron chi connectivity index (χ0n) is 13.9. The number of nitrogens with one attached hydrogen (secondary N) is 1. The van der Waals surface area contributed by atoms with E-state index in [2.05, 4.69) is 10.2 Å². The van der Waals surface area contributed by atoms with Crippen LogP contribution in [0, 0.1) is 0 Å². The van der Waals surface area contributed by atoms with E-state index in [1.807, 2.05) is 24.3 Å². The first-order chi connectivity index (χ1) is 11.5. The zero-order valence-corrected chi connectivity index (χ0v) is 14.7. The molecule has 1 saturated heterocycles. The van der Waals surface area contributed by atoms with Crippen LogP contribution in [-0.2, 0) is 21.2 Å². The van der Waals surface area contributed by atoms with Gasteiger partial charge in [0.05, 0.1) is 25.2 Å². The molecule has 1 aromatic carbocycles. The molecule has 6 nitrogen and oxygen atoms in total. The molecule has 0 unspecified atom stereocenters. The van der Waals surface area contributed by atoms with Crippen LogP contribution in [0.4, 0.5) is 0 Å². The van der Waals surface area contributed by atoms with Crippen LogP contribution in [0.15, 0.2) is 24.3 Å². The van der Waals surface area contributed by atoms with E-state index in [1.54, 1.807) is 7.11 Å². The summed E-state index contributed by atoms with van der Waals surface area (Å²) in [5.74, 6) is 0.963. The molecule has 0 aromatic heterocycles. The van der Waals surface area contributed by atoms with E-state index in [4.69, 9.17) is 4.74 Å². The molecule has 132 valence electrons. The van der Waals surface area contributed by atoms with Gasteiger partial charge in [-0.25, -0.2) is 8.42 Å². The van der Waals surface area contributed by atoms with Gasteiger partial charge in [-0.2, -0.15) is 0 Å². The Morgan fingerprint density at radius 2 is 2.04 bits per heavy atom. The van der Waals surface area contributed by atoms with E-state index in [0.717, 1.165) is 24.2 Å². The number of ether oxygens (including phenoxy) is 1. The summed E-state index contributed by atoms with van der Waals surface area (Å²) in [6, 6.07) is 8.01. The van der Waals surface area contributed by atoms with Crippen molar-refractivity contribution < 1.29 is 17.9 Å². The molecule has 1 aliphatic carbocycles. The molecule has 0 bridgehead atoms. The first-order valence-electron chi connectivity index (χ1n) is 8.32. The number of hydrogen-bond donors (Lipinski definition) is 1. The van der Waals surface area contributed by atoms with Crippen LogP contribution in [0.3, 0.4) is 0 Å². The molecule has 3 rings (SSSR count). The summed E-state index contributed by atoms with van der Waals surface area (Å²) in [7, 11) is -1.33. The average Bonchev–Trinajstić information content (AvgIpc) is 3.32. The molecule has 24 heavy (non-hydrogen) atoms. The van der Waals surface area contributed by atoms with Crippen LogP contribution >= 0.6 is 0 Å². The Bertz CT molecular complexity index is 700. The molecule has 0 spiro atoms. The fourth-order valence-corrected chi connectivity index (χ4v) is 4.85. The number of rotatable bonds is 7. The van der Waals surface area contributed by atoms with Gasteiger partial charge in [-0.1, -0.05) is 18.2 Å². The van der Waals surface area contributed by atoms with E-state index >= 15 is 0 Å². The molecule has 1 N–H and O–H groups in total. The van der Waals surface area contributed by atoms with Gasteiger partial charge >= 0.3 is 0 Å². The molecular weight excluding hydrogens is 328 g/mol. The number of carbonyl (C=O) groups is 1. The number of sulfone groups is 1. The summed E-state index contributed by atoms with van der Waals surface area (Å²) < 4.78 is 28.4. The maximum atomic E-state index is 12.3. The largest absolute Gasteiger partial charge is 0.496 e. The van der Waals surface area contributed by atoms with Crippen molar-refractivity contribution >= 4 is 15.7 Å². The fraction of sp³-hybridized carbons (Fsp3) is 0.588. The smallest absolute Gasteiger partial charge is 0.234 e. The Labute approximate surface area is 143 Å². The maximum Gasteiger partial charge on any atom is 0.234 e. The highest BCUT2D eigenvalue weighted by Gasteiger charge is 2.33. The quantitative estimate of drug-likeness (QED) is 0.791. The van der Waals surface area contributed by atoms with Crippen molar-refractivity contribution in [2.45, 2.75) is 37.9 Å². The Balaban J connectivity index is 1.59. The van der Waals surface area contributed by atoms with Crippen molar-refractivity contribution in [1.29, 1.82) is 0 Å². The molecule has 0 radical (unpaired) electrons. The van der Waals surface area contributed by atoms with E-state index < -0.39 is 9.84 Å². The third-order valence-corrected chi connectivity index (χ3v) is 6.34. The molecule has 1 amide bonds. The number of para-hydroxylation sites is 1. The van der Waals surface area contributed by atoms with Gasteiger partial charge in [0.2, 0.25) is 5.91 Å². The minimum atomic E-state index is -2.98. The molecule has 2 fully saturated rings. The van der Waals surface area contributed by atoms with Gasteiger partial charge in [0.25, 0.3) is 0 Å². The first-order valence-corrected chi connectivity index (χ1v) is 10.1. The average molecular weight is 352 g/mol. The van der Waals surface area contributed by atoms with Gasteiger partial charge in [-0.3, -0.25) is 9.69 Å². The Hall–Kier alpha value is -1.60. The molecule has 1 aromatic rings. The molecule has 2 aliphatic rings. The van der Waals surface area contributed by atoms with Crippen molar-refractivity contribution in [3.05, 3.63) is 29.8 Å². The SMILES string of the molecule is COc1ccccc1CN(CC(=O)N[C@H]1CCS(=O)(=O)C1)C1CC1. The minimum Gasteiger partial charge on any atom is -0.496 e. The molecular formula is C17H24N2O4S. The second kappa shape index (κ2) is 7.11. The topological polar surface area (TPSA) is 75.7 Å². The second-order valence-corrected chi connectivity index (χ2v) is 8.84. The lowest BCUT2D eigenvalue weighted by atomic mass is 10.2. The Morgan fingerprint density at radius 1 is 1.29 bits per heavy atom. The number of benzene rings is 1. The normalized spacial score (nSPS) is 22.5. The van der Waals surface area contributed by atoms with Crippen molar-refractivity contribution in [2.24, 2.45) is 0 Å². The summed E-state index contributed by atoms with van der Waals surface area (Å²) in [4.78, 5) is 14.5. The summed E-state index contributed by atoms with van der Waals surface area (Å²) in [5.41, 5.74) is 1.06. The van der Waals surface area contributed by atoms with Gasteiger partial charge < -0.3 is 10.1 Å². The molecule has 1 aliphatic heterocycles. The van der Waals surface area contributed by atoms with E-state index in [0.29, 0.717) is 25.6 Å². The second-order valence-electron chi connectivity index (χ2n) is 6.62. The van der Waals surface area contributed by atoms with Gasteiger partial charge in [-0.05, 0) is 25.3 Å². The van der Waals surface area contributed by atoms with Crippen LogP contribution in [0.2, 0.25) is 0 Å². The zero-order chi connectivity index (χ0) is 17.2. The van der Waals surface area contributed by atoms with Crippen molar-refractivity contribution in [2.75, 3.05) is 25.2 Å². The number of amides is 1. The van der Waals surface area contributed by atoms with Crippen LogP contribution in [-0.4, -0.2) is 56.5 Å². The lowest BCUT2D eigenvalue weighted by Gasteiger charge is -2.23. The predicted molar refractivity (Wildman–Crippen MR) is 91.6 cm³/mol. The third-order valence-electron chi connectivity index (χ3n) is 4.57. The van der Waals surface area contributed by atoms with Gasteiger partial charge in [-0.15, -0.1) is 0 Å². The number of methoxy groups -OCH3 is 1. The monoisotopic (exact) mass is 352 g/mol. The van der Waals surface area contributed by atoms with Gasteiger partial charge in [0, 0.05) is 24.2 Å². The van der Waals surface area contributed by atoms with E-state index in [1.165, 1.54) is 0 Å². The Morgan fingerprint density at radius 3 is 2.67 bits per heavy atom. The van der Waals surface area contributed by atoms with Crippen LogP contribution in [0.1, 0.15) is 24.8 Å². The predicted octanol–water partition coefficient (Wildman–Crippen LogP) is 0.963. The van der Waals surface area contributed by atoms with Crippen LogP contribution in [0.25, 0.3) is 0 Å². The molecule has 1 heterocycles. The number of hydrogen-bond acceptors (Lipinski definition) is 5. The van der Waals surface area contributed by atoms with E-state index in [9.17, 15) is 13.2 Å². The fourth-order valence-electron chi connectivity index (χ4n) is 3.17. The first kappa shape index (κ1) is 17.2. The highest BCUT2D eigenvalue weighted by molar-refractivity contribution is 7.91. The minimum absolute atomic E-state index is 0.0642. The molecule has 7 heteroatoms. The lowest BCUT2D eigenvalue weighted by molar-refractivity contribution is -0.123. The van der Waals surface area contributed by atoms with Gasteiger partial charge in [0.15, 0.2) is 9.84 Å². The third kappa shape index (κ3) is 4.48. The number of carbonyl (C=O) groups excluding carboxylic acids is 1. The number of nitrogens with zero attached hydrogens (tertiary/aromatic N) is 1. The van der Waals surface area contributed by atoms with E-state index in [-0.39, 0.29) is 23.5 Å². The van der Waals surface area contributed by atoms with Crippen molar-refractivity contribution in [3.8, 4) is 5.75 Å². The summed E-state index contributed by atoms with van der Waals surface area (Å²) in [6.07, 6.45) is 2.71. The summed E-state index contributed by atoms with van der Waals surface area (Å²) in [6.45, 7) is 0.949. The van der Waals surface area contributed by atoms with Crippen molar-refractivity contribution in [3.63, 3.8) is 0 Å². The molecule has 1 saturated carbocycles.